The lowest BCUT2D eigenvalue weighted by Crippen LogP contribution is -2.61. The molecule has 52 heavy (non-hydrogen) atoms. The van der Waals surface area contributed by atoms with Crippen LogP contribution < -0.4 is 0 Å². The predicted molar refractivity (Wildman–Crippen MR) is 191 cm³/mol. The highest BCUT2D eigenvalue weighted by atomic mass is 16.7. The Labute approximate surface area is 310 Å². The van der Waals surface area contributed by atoms with Crippen molar-refractivity contribution < 1.29 is 63.2 Å². The summed E-state index contributed by atoms with van der Waals surface area (Å²) in [5.41, 5.74) is -4.24. The summed E-state index contributed by atoms with van der Waals surface area (Å²) in [5.74, 6) is -4.47. The van der Waals surface area contributed by atoms with E-state index in [1.165, 1.54) is 21.1 Å². The smallest absolute Gasteiger partial charge is 0.311 e. The van der Waals surface area contributed by atoms with Crippen LogP contribution in [0.4, 0.5) is 0 Å². The lowest BCUT2D eigenvalue weighted by atomic mass is 9.74. The number of cyclic esters (lactones) is 1. The Hall–Kier alpha value is -1.30. The normalized spacial score (nSPS) is 49.0. The zero-order valence-corrected chi connectivity index (χ0v) is 33.9. The molecule has 0 radical (unpaired) electrons. The molecule has 3 saturated heterocycles. The van der Waals surface area contributed by atoms with Crippen molar-refractivity contribution in [2.45, 2.75) is 179 Å². The van der Waals surface area contributed by atoms with Gasteiger partial charge in [-0.2, -0.15) is 0 Å². The fourth-order valence-electron chi connectivity index (χ4n) is 8.58. The van der Waals surface area contributed by atoms with Gasteiger partial charge in [-0.25, -0.2) is 0 Å². The van der Waals surface area contributed by atoms with Crippen LogP contribution in [-0.2, 0) is 42.7 Å². The van der Waals surface area contributed by atoms with Gasteiger partial charge < -0.3 is 58.5 Å². The van der Waals surface area contributed by atoms with Crippen LogP contribution in [0.2, 0.25) is 0 Å². The third kappa shape index (κ3) is 9.38. The van der Waals surface area contributed by atoms with Crippen molar-refractivity contribution in [2.24, 2.45) is 23.7 Å². The zero-order chi connectivity index (χ0) is 39.7. The van der Waals surface area contributed by atoms with Crippen LogP contribution >= 0.6 is 0 Å². The SMILES string of the molecule is CC[C@@H]1OC(=O)[C@H](C)[C@H](OC2C[C@@](C)(OC)[C@@H](O)[C@@H](C)O2)[C@@H](C)[C@H](O[C@@H]2O[C@H](C)C[C@H](N(C)C)[C@@H]2O)[C@@](C)(OC)C[C@H](C)C(=O)[C@H](C)[C@@H](O)[C@]1(C)O. The number of carbonyl (C=O) groups is 2. The van der Waals surface area contributed by atoms with Gasteiger partial charge in [-0.1, -0.05) is 27.7 Å². The highest BCUT2D eigenvalue weighted by Gasteiger charge is 2.54. The van der Waals surface area contributed by atoms with E-state index < -0.39 is 102 Å². The van der Waals surface area contributed by atoms with E-state index in [0.717, 1.165) is 0 Å². The number of aliphatic hydroxyl groups is 4. The summed E-state index contributed by atoms with van der Waals surface area (Å²) in [6, 6.07) is -0.283. The standard InChI is InChI=1S/C38H69NO13/c1-15-26-38(10,45)31(42)21(4)28(40)19(2)17-37(9,47-14)33(52-35-29(41)25(39(11)12)16-20(3)48-35)22(5)30(23(6)34(44)50-26)51-27-18-36(8,46-13)32(43)24(7)49-27/h19-27,29-33,35,41-43,45H,15-18H2,1-14H3/t19-,20+,21-,22+,23+,24+,25-,26-,27?,29-,30+,31+,32-,33-,35-,36+,37-,38+/m0/s1. The zero-order valence-electron chi connectivity index (χ0n) is 33.9. The highest BCUT2D eigenvalue weighted by Crippen LogP contribution is 2.41. The van der Waals surface area contributed by atoms with Crippen molar-refractivity contribution in [1.82, 2.24) is 4.90 Å². The van der Waals surface area contributed by atoms with Crippen LogP contribution in [0, 0.1) is 23.7 Å². The first-order chi connectivity index (χ1) is 24.0. The van der Waals surface area contributed by atoms with E-state index in [1.807, 2.05) is 32.8 Å². The van der Waals surface area contributed by atoms with E-state index in [1.54, 1.807) is 48.5 Å². The number of ketones is 1. The van der Waals surface area contributed by atoms with E-state index in [2.05, 4.69) is 0 Å². The molecule has 3 fully saturated rings. The van der Waals surface area contributed by atoms with Gasteiger partial charge in [0.05, 0.1) is 47.6 Å². The van der Waals surface area contributed by atoms with Crippen molar-refractivity contribution >= 4 is 11.8 Å². The van der Waals surface area contributed by atoms with Crippen LogP contribution in [0.25, 0.3) is 0 Å². The summed E-state index contributed by atoms with van der Waals surface area (Å²) < 4.78 is 43.9. The number of hydrogen-bond acceptors (Lipinski definition) is 14. The van der Waals surface area contributed by atoms with Gasteiger partial charge in [0.1, 0.15) is 29.7 Å². The number of methoxy groups -OCH3 is 2. The fraction of sp³-hybridized carbons (Fsp3) is 0.947. The summed E-state index contributed by atoms with van der Waals surface area (Å²) in [4.78, 5) is 30.1. The van der Waals surface area contributed by atoms with E-state index in [-0.39, 0.29) is 37.2 Å². The fourth-order valence-corrected chi connectivity index (χ4v) is 8.58. The Morgan fingerprint density at radius 2 is 1.44 bits per heavy atom. The molecule has 0 bridgehead atoms. The first-order valence-electron chi connectivity index (χ1n) is 18.9. The summed E-state index contributed by atoms with van der Waals surface area (Å²) in [5, 5.41) is 45.6. The number of likely N-dealkylation sites (N-methyl/N-ethyl adjacent to an activating group) is 1. The molecule has 304 valence electrons. The highest BCUT2D eigenvalue weighted by molar-refractivity contribution is 5.83. The second-order valence-corrected chi connectivity index (χ2v) is 16.6. The number of hydrogen-bond donors (Lipinski definition) is 4. The van der Waals surface area contributed by atoms with Crippen LogP contribution in [-0.4, -0.2) is 150 Å². The van der Waals surface area contributed by atoms with E-state index in [0.29, 0.717) is 6.42 Å². The molecule has 0 amide bonds. The molecular formula is C38H69NO13. The molecular weight excluding hydrogens is 678 g/mol. The number of Topliss-reactive ketones (excluding diaryl/α,β-unsaturated/α-hetero) is 1. The minimum absolute atomic E-state index is 0.111. The van der Waals surface area contributed by atoms with E-state index >= 15 is 0 Å². The van der Waals surface area contributed by atoms with Gasteiger partial charge >= 0.3 is 5.97 Å². The molecule has 3 heterocycles. The van der Waals surface area contributed by atoms with Gasteiger partial charge in [-0.05, 0) is 74.9 Å². The Morgan fingerprint density at radius 1 is 0.846 bits per heavy atom. The number of esters is 1. The van der Waals surface area contributed by atoms with Gasteiger partial charge in [-0.3, -0.25) is 9.59 Å². The maximum absolute atomic E-state index is 14.2. The average Bonchev–Trinajstić information content (AvgIpc) is 3.09. The molecule has 3 rings (SSSR count). The molecule has 0 aromatic heterocycles. The van der Waals surface area contributed by atoms with Crippen LogP contribution in [0.3, 0.4) is 0 Å². The summed E-state index contributed by atoms with van der Waals surface area (Å²) in [6.45, 7) is 17.1. The summed E-state index contributed by atoms with van der Waals surface area (Å²) in [7, 11) is 6.77. The number of nitrogens with zero attached hydrogens (tertiary/aromatic N) is 1. The van der Waals surface area contributed by atoms with Gasteiger partial charge in [0.2, 0.25) is 0 Å². The maximum Gasteiger partial charge on any atom is 0.311 e. The van der Waals surface area contributed by atoms with Gasteiger partial charge in [-0.15, -0.1) is 0 Å². The second-order valence-electron chi connectivity index (χ2n) is 16.6. The van der Waals surface area contributed by atoms with Crippen molar-refractivity contribution in [3.05, 3.63) is 0 Å². The predicted octanol–water partition coefficient (Wildman–Crippen LogP) is 2.44. The molecule has 4 N–H and O–H groups in total. The minimum Gasteiger partial charge on any atom is -0.459 e. The Morgan fingerprint density at radius 3 is 1.98 bits per heavy atom. The second kappa shape index (κ2) is 17.7. The van der Waals surface area contributed by atoms with Gasteiger partial charge in [0.15, 0.2) is 12.6 Å². The van der Waals surface area contributed by atoms with Crippen molar-refractivity contribution in [3.8, 4) is 0 Å². The Balaban J connectivity index is 2.22. The number of ether oxygens (including phenoxy) is 7. The van der Waals surface area contributed by atoms with Crippen LogP contribution in [0.1, 0.15) is 94.9 Å². The molecule has 0 aromatic rings. The molecule has 14 heteroatoms. The van der Waals surface area contributed by atoms with Crippen molar-refractivity contribution in [3.63, 3.8) is 0 Å². The molecule has 3 aliphatic heterocycles. The third-order valence-corrected chi connectivity index (χ3v) is 12.3. The molecule has 1 unspecified atom stereocenters. The Bertz CT molecular complexity index is 1190. The molecule has 18 atom stereocenters. The topological polar surface area (TPSA) is 183 Å². The van der Waals surface area contributed by atoms with Gasteiger partial charge in [0.25, 0.3) is 0 Å². The lowest BCUT2D eigenvalue weighted by molar-refractivity contribution is -0.319. The van der Waals surface area contributed by atoms with Crippen molar-refractivity contribution in [2.75, 3.05) is 28.3 Å². The van der Waals surface area contributed by atoms with Gasteiger partial charge in [0, 0.05) is 44.4 Å². The first kappa shape index (κ1) is 45.1. The van der Waals surface area contributed by atoms with E-state index in [9.17, 15) is 30.0 Å². The lowest BCUT2D eigenvalue weighted by Gasteiger charge is -2.50. The largest absolute Gasteiger partial charge is 0.459 e. The maximum atomic E-state index is 14.2. The number of rotatable bonds is 8. The molecule has 14 nitrogen and oxygen atoms in total. The first-order valence-corrected chi connectivity index (χ1v) is 18.9. The summed E-state index contributed by atoms with van der Waals surface area (Å²) in [6.07, 6.45) is -8.73. The average molecular weight is 748 g/mol. The molecule has 3 aliphatic rings. The molecule has 0 aliphatic carbocycles. The number of carbonyl (C=O) groups excluding carboxylic acids is 2. The van der Waals surface area contributed by atoms with Crippen molar-refractivity contribution in [1.29, 1.82) is 0 Å². The quantitative estimate of drug-likeness (QED) is 0.266. The third-order valence-electron chi connectivity index (χ3n) is 12.3. The molecule has 0 aromatic carbocycles. The Kier molecular flexibility index (Phi) is 15.3. The van der Waals surface area contributed by atoms with Crippen LogP contribution in [0.15, 0.2) is 0 Å². The van der Waals surface area contributed by atoms with E-state index in [4.69, 9.17) is 33.2 Å². The summed E-state index contributed by atoms with van der Waals surface area (Å²) >= 11 is 0. The minimum atomic E-state index is -1.96. The molecule has 0 spiro atoms. The molecule has 0 saturated carbocycles. The monoisotopic (exact) mass is 747 g/mol. The number of aliphatic hydroxyl groups excluding tert-OH is 3. The van der Waals surface area contributed by atoms with Crippen LogP contribution in [0.5, 0.6) is 0 Å².